The van der Waals surface area contributed by atoms with Crippen molar-refractivity contribution in [2.24, 2.45) is 0 Å². The smallest absolute Gasteiger partial charge is 0.279 e. The summed E-state index contributed by atoms with van der Waals surface area (Å²) in [5, 5.41) is 0.0602. The Morgan fingerprint density at radius 3 is 2.40 bits per heavy atom. The summed E-state index contributed by atoms with van der Waals surface area (Å²) in [5.74, 6) is 0.635. The minimum Gasteiger partial charge on any atom is -0.399 e. The van der Waals surface area contributed by atoms with Crippen LogP contribution in [-0.2, 0) is 16.4 Å². The van der Waals surface area contributed by atoms with Crippen LogP contribution < -0.4 is 10.5 Å². The van der Waals surface area contributed by atoms with Crippen LogP contribution >= 0.6 is 0 Å². The van der Waals surface area contributed by atoms with Crippen molar-refractivity contribution in [2.75, 3.05) is 10.5 Å². The maximum atomic E-state index is 12.3. The zero-order chi connectivity index (χ0) is 14.9. The fourth-order valence-corrected chi connectivity index (χ4v) is 3.15. The molecule has 0 atom stereocenters. The van der Waals surface area contributed by atoms with E-state index in [0.717, 1.165) is 11.1 Å². The van der Waals surface area contributed by atoms with Crippen molar-refractivity contribution in [1.29, 1.82) is 0 Å². The highest BCUT2D eigenvalue weighted by Crippen LogP contribution is 2.25. The van der Waals surface area contributed by atoms with Crippen LogP contribution in [0, 0.1) is 13.8 Å². The lowest BCUT2D eigenvalue weighted by molar-refractivity contribution is 0.598. The van der Waals surface area contributed by atoms with E-state index in [1.807, 2.05) is 20.8 Å². The van der Waals surface area contributed by atoms with Gasteiger partial charge in [-0.3, -0.25) is 4.72 Å². The maximum Gasteiger partial charge on any atom is 0.279 e. The minimum absolute atomic E-state index is 0.0602. The average Bonchev–Trinajstić information content (AvgIpc) is 2.83. The quantitative estimate of drug-likeness (QED) is 0.750. The normalized spacial score (nSPS) is 11.6. The summed E-state index contributed by atoms with van der Waals surface area (Å²) in [6, 6.07) is 3.46. The van der Waals surface area contributed by atoms with E-state index in [4.69, 9.17) is 5.73 Å². The van der Waals surface area contributed by atoms with Gasteiger partial charge in [-0.25, -0.2) is 4.98 Å². The lowest BCUT2D eigenvalue weighted by Crippen LogP contribution is -2.15. The molecule has 2 aromatic rings. The Labute approximate surface area is 118 Å². The standard InChI is InChI=1S/C13H18N4O2S/c1-4-11-15-7-12(16-11)20(18,19)17-13-8(2)5-10(14)6-9(13)3/h5-7,17H,4,14H2,1-3H3,(H,15,16). The Morgan fingerprint density at radius 1 is 1.30 bits per heavy atom. The summed E-state index contributed by atoms with van der Waals surface area (Å²) in [7, 11) is -3.67. The van der Waals surface area contributed by atoms with E-state index in [2.05, 4.69) is 14.7 Å². The molecule has 0 saturated heterocycles. The van der Waals surface area contributed by atoms with Gasteiger partial charge in [-0.15, -0.1) is 0 Å². The molecule has 0 spiro atoms. The third-order valence-electron chi connectivity index (χ3n) is 3.02. The van der Waals surface area contributed by atoms with Crippen LogP contribution in [-0.4, -0.2) is 18.4 Å². The molecule has 0 bridgehead atoms. The van der Waals surface area contributed by atoms with E-state index in [1.165, 1.54) is 6.20 Å². The summed E-state index contributed by atoms with van der Waals surface area (Å²) in [6.45, 7) is 5.52. The lowest BCUT2D eigenvalue weighted by atomic mass is 10.1. The Bertz CT molecular complexity index is 712. The van der Waals surface area contributed by atoms with Gasteiger partial charge in [0, 0.05) is 12.1 Å². The fraction of sp³-hybridized carbons (Fsp3) is 0.308. The van der Waals surface area contributed by atoms with Gasteiger partial charge < -0.3 is 10.7 Å². The number of nitrogens with one attached hydrogen (secondary N) is 2. The first-order chi connectivity index (χ1) is 9.33. The van der Waals surface area contributed by atoms with Crippen LogP contribution in [0.5, 0.6) is 0 Å². The number of anilines is 2. The number of imidazole rings is 1. The van der Waals surface area contributed by atoms with Crippen molar-refractivity contribution in [3.8, 4) is 0 Å². The van der Waals surface area contributed by atoms with Crippen molar-refractivity contribution in [3.05, 3.63) is 35.3 Å². The van der Waals surface area contributed by atoms with E-state index in [9.17, 15) is 8.42 Å². The van der Waals surface area contributed by atoms with Crippen LogP contribution in [0.25, 0.3) is 0 Å². The van der Waals surface area contributed by atoms with Gasteiger partial charge in [0.1, 0.15) is 5.82 Å². The van der Waals surface area contributed by atoms with Crippen molar-refractivity contribution in [3.63, 3.8) is 0 Å². The Balaban J connectivity index is 2.38. The first-order valence-electron chi connectivity index (χ1n) is 6.27. The first kappa shape index (κ1) is 14.4. The number of aromatic amines is 1. The summed E-state index contributed by atoms with van der Waals surface area (Å²) < 4.78 is 27.2. The van der Waals surface area contributed by atoms with Gasteiger partial charge in [0.25, 0.3) is 10.0 Å². The second kappa shape index (κ2) is 5.16. The van der Waals surface area contributed by atoms with Gasteiger partial charge in [0.05, 0.1) is 11.9 Å². The van der Waals surface area contributed by atoms with Crippen molar-refractivity contribution >= 4 is 21.4 Å². The van der Waals surface area contributed by atoms with Gasteiger partial charge in [-0.05, 0) is 37.1 Å². The predicted octanol–water partition coefficient (Wildman–Crippen LogP) is 1.97. The molecular weight excluding hydrogens is 276 g/mol. The number of nitrogen functional groups attached to an aromatic ring is 1. The van der Waals surface area contributed by atoms with Gasteiger partial charge in [-0.1, -0.05) is 6.92 Å². The Hall–Kier alpha value is -2.02. The van der Waals surface area contributed by atoms with Gasteiger partial charge in [0.15, 0.2) is 5.03 Å². The highest BCUT2D eigenvalue weighted by molar-refractivity contribution is 7.92. The molecule has 7 heteroatoms. The highest BCUT2D eigenvalue weighted by atomic mass is 32.2. The molecular formula is C13H18N4O2S. The molecule has 6 nitrogen and oxygen atoms in total. The number of sulfonamides is 1. The number of H-pyrrole nitrogens is 1. The monoisotopic (exact) mass is 294 g/mol. The number of aromatic nitrogens is 2. The summed E-state index contributed by atoms with van der Waals surface area (Å²) >= 11 is 0. The van der Waals surface area contributed by atoms with Crippen LogP contribution in [0.15, 0.2) is 23.4 Å². The van der Waals surface area contributed by atoms with Crippen LogP contribution in [0.3, 0.4) is 0 Å². The fourth-order valence-electron chi connectivity index (χ4n) is 2.01. The predicted molar refractivity (Wildman–Crippen MR) is 79.1 cm³/mol. The van der Waals surface area contributed by atoms with Crippen molar-refractivity contribution < 1.29 is 8.42 Å². The van der Waals surface area contributed by atoms with Crippen LogP contribution in [0.4, 0.5) is 11.4 Å². The molecule has 1 heterocycles. The number of hydrogen-bond acceptors (Lipinski definition) is 4. The largest absolute Gasteiger partial charge is 0.399 e. The molecule has 0 aliphatic carbocycles. The first-order valence-corrected chi connectivity index (χ1v) is 7.75. The topological polar surface area (TPSA) is 101 Å². The number of nitrogens with two attached hydrogens (primary N) is 1. The molecule has 20 heavy (non-hydrogen) atoms. The number of rotatable bonds is 4. The van der Waals surface area contributed by atoms with Crippen molar-refractivity contribution in [2.45, 2.75) is 32.2 Å². The number of benzene rings is 1. The average molecular weight is 294 g/mol. The Kier molecular flexibility index (Phi) is 3.71. The number of nitrogens with zero attached hydrogens (tertiary/aromatic N) is 1. The number of aryl methyl sites for hydroxylation is 3. The summed E-state index contributed by atoms with van der Waals surface area (Å²) in [5.41, 5.74) is 8.45. The summed E-state index contributed by atoms with van der Waals surface area (Å²) in [6.07, 6.45) is 1.97. The molecule has 2 rings (SSSR count). The van der Waals surface area contributed by atoms with E-state index in [0.29, 0.717) is 23.6 Å². The molecule has 0 saturated carbocycles. The second-order valence-corrected chi connectivity index (χ2v) is 6.33. The zero-order valence-electron chi connectivity index (χ0n) is 11.7. The SMILES string of the molecule is CCc1ncc(S(=O)(=O)Nc2c(C)cc(N)cc2C)[nH]1. The molecule has 1 aromatic heterocycles. The van der Waals surface area contributed by atoms with Crippen LogP contribution in [0.2, 0.25) is 0 Å². The zero-order valence-corrected chi connectivity index (χ0v) is 12.5. The second-order valence-electron chi connectivity index (χ2n) is 4.68. The Morgan fingerprint density at radius 2 is 1.90 bits per heavy atom. The third-order valence-corrected chi connectivity index (χ3v) is 4.28. The van der Waals surface area contributed by atoms with E-state index in [-0.39, 0.29) is 5.03 Å². The van der Waals surface area contributed by atoms with E-state index >= 15 is 0 Å². The molecule has 0 fully saturated rings. The van der Waals surface area contributed by atoms with E-state index in [1.54, 1.807) is 12.1 Å². The molecule has 4 N–H and O–H groups in total. The molecule has 0 aliphatic heterocycles. The van der Waals surface area contributed by atoms with Gasteiger partial charge in [0.2, 0.25) is 0 Å². The molecule has 1 aromatic carbocycles. The molecule has 0 aliphatic rings. The van der Waals surface area contributed by atoms with Crippen LogP contribution in [0.1, 0.15) is 23.9 Å². The molecule has 0 amide bonds. The highest BCUT2D eigenvalue weighted by Gasteiger charge is 2.19. The molecule has 0 radical (unpaired) electrons. The minimum atomic E-state index is -3.67. The van der Waals surface area contributed by atoms with E-state index < -0.39 is 10.0 Å². The van der Waals surface area contributed by atoms with Gasteiger partial charge >= 0.3 is 0 Å². The number of hydrogen-bond donors (Lipinski definition) is 3. The molecule has 0 unspecified atom stereocenters. The van der Waals surface area contributed by atoms with Crippen molar-refractivity contribution in [1.82, 2.24) is 9.97 Å². The lowest BCUT2D eigenvalue weighted by Gasteiger charge is -2.13. The third kappa shape index (κ3) is 2.77. The van der Waals surface area contributed by atoms with Gasteiger partial charge in [-0.2, -0.15) is 8.42 Å². The molecule has 108 valence electrons. The maximum absolute atomic E-state index is 12.3. The summed E-state index contributed by atoms with van der Waals surface area (Å²) in [4.78, 5) is 6.79.